The first-order chi connectivity index (χ1) is 6.81. The van der Waals surface area contributed by atoms with Gasteiger partial charge >= 0.3 is 0 Å². The molecule has 0 aromatic rings. The van der Waals surface area contributed by atoms with Gasteiger partial charge in [0.05, 0.1) is 6.10 Å². The molecule has 0 bridgehead atoms. The number of thioether (sulfide) groups is 1. The maximum atomic E-state index is 9.79. The third kappa shape index (κ3) is 2.24. The SMILES string of the molecule is CCC1CN(C2CNCC2O)CCS1. The topological polar surface area (TPSA) is 35.5 Å². The normalized spacial score (nSPS) is 40.3. The van der Waals surface area contributed by atoms with Gasteiger partial charge in [-0.3, -0.25) is 4.90 Å². The maximum Gasteiger partial charge on any atom is 0.0831 e. The van der Waals surface area contributed by atoms with Crippen LogP contribution in [-0.2, 0) is 0 Å². The molecule has 0 saturated carbocycles. The van der Waals surface area contributed by atoms with Crippen LogP contribution in [0.15, 0.2) is 0 Å². The van der Waals surface area contributed by atoms with E-state index in [4.69, 9.17) is 0 Å². The van der Waals surface area contributed by atoms with Crippen molar-refractivity contribution in [3.8, 4) is 0 Å². The van der Waals surface area contributed by atoms with Gasteiger partial charge in [0.2, 0.25) is 0 Å². The lowest BCUT2D eigenvalue weighted by Gasteiger charge is -2.37. The largest absolute Gasteiger partial charge is 0.390 e. The zero-order valence-electron chi connectivity index (χ0n) is 8.78. The predicted molar refractivity (Wildman–Crippen MR) is 60.8 cm³/mol. The third-order valence-corrected chi connectivity index (χ3v) is 4.62. The van der Waals surface area contributed by atoms with Gasteiger partial charge in [0.1, 0.15) is 0 Å². The van der Waals surface area contributed by atoms with Crippen LogP contribution >= 0.6 is 11.8 Å². The standard InChI is InChI=1S/C10H20N2OS/c1-2-8-7-12(3-4-14-8)9-5-11-6-10(9)13/h8-11,13H,2-7H2,1H3. The summed E-state index contributed by atoms with van der Waals surface area (Å²) in [4.78, 5) is 2.47. The molecule has 82 valence electrons. The summed E-state index contributed by atoms with van der Waals surface area (Å²) in [5.41, 5.74) is 0. The van der Waals surface area contributed by atoms with E-state index in [2.05, 4.69) is 28.9 Å². The van der Waals surface area contributed by atoms with Crippen molar-refractivity contribution in [3.05, 3.63) is 0 Å². The molecule has 3 atom stereocenters. The number of hydrogen-bond donors (Lipinski definition) is 2. The number of aliphatic hydroxyl groups excluding tert-OH is 1. The van der Waals surface area contributed by atoms with E-state index >= 15 is 0 Å². The fraction of sp³-hybridized carbons (Fsp3) is 1.00. The van der Waals surface area contributed by atoms with Crippen molar-refractivity contribution < 1.29 is 5.11 Å². The van der Waals surface area contributed by atoms with E-state index < -0.39 is 0 Å². The van der Waals surface area contributed by atoms with Gasteiger partial charge < -0.3 is 10.4 Å². The Labute approximate surface area is 90.2 Å². The van der Waals surface area contributed by atoms with Crippen LogP contribution in [0, 0.1) is 0 Å². The van der Waals surface area contributed by atoms with Crippen molar-refractivity contribution >= 4 is 11.8 Å². The van der Waals surface area contributed by atoms with Crippen LogP contribution < -0.4 is 5.32 Å². The lowest BCUT2D eigenvalue weighted by Crippen LogP contribution is -2.49. The molecule has 2 aliphatic heterocycles. The average Bonchev–Trinajstić information content (AvgIpc) is 2.65. The first-order valence-corrected chi connectivity index (χ1v) is 6.60. The van der Waals surface area contributed by atoms with Crippen molar-refractivity contribution in [2.75, 3.05) is 31.9 Å². The number of aliphatic hydroxyl groups is 1. The van der Waals surface area contributed by atoms with Crippen LogP contribution in [0.2, 0.25) is 0 Å². The number of rotatable bonds is 2. The molecule has 2 aliphatic rings. The van der Waals surface area contributed by atoms with Gasteiger partial charge in [-0.2, -0.15) is 11.8 Å². The summed E-state index contributed by atoms with van der Waals surface area (Å²) in [6.45, 7) is 6.28. The number of nitrogens with zero attached hydrogens (tertiary/aromatic N) is 1. The monoisotopic (exact) mass is 216 g/mol. The molecule has 2 fully saturated rings. The molecule has 2 rings (SSSR count). The smallest absolute Gasteiger partial charge is 0.0831 e. The van der Waals surface area contributed by atoms with Gasteiger partial charge in [0, 0.05) is 43.2 Å². The Bertz CT molecular complexity index is 191. The molecule has 0 radical (unpaired) electrons. The highest BCUT2D eigenvalue weighted by atomic mass is 32.2. The van der Waals surface area contributed by atoms with E-state index in [1.807, 2.05) is 0 Å². The molecule has 3 unspecified atom stereocenters. The van der Waals surface area contributed by atoms with Gasteiger partial charge in [0.15, 0.2) is 0 Å². The minimum Gasteiger partial charge on any atom is -0.390 e. The van der Waals surface area contributed by atoms with E-state index in [1.165, 1.54) is 12.2 Å². The summed E-state index contributed by atoms with van der Waals surface area (Å²) in [7, 11) is 0. The Morgan fingerprint density at radius 1 is 1.50 bits per heavy atom. The molecular formula is C10H20N2OS. The molecule has 0 spiro atoms. The molecule has 2 heterocycles. The van der Waals surface area contributed by atoms with Gasteiger partial charge in [-0.1, -0.05) is 6.92 Å². The molecule has 0 aromatic heterocycles. The van der Waals surface area contributed by atoms with E-state index in [0.717, 1.165) is 31.4 Å². The molecule has 2 saturated heterocycles. The van der Waals surface area contributed by atoms with Gasteiger partial charge in [0.25, 0.3) is 0 Å². The summed E-state index contributed by atoms with van der Waals surface area (Å²) in [6.07, 6.45) is 1.09. The average molecular weight is 216 g/mol. The Hall–Kier alpha value is 0.230. The fourth-order valence-corrected chi connectivity index (χ4v) is 3.52. The van der Waals surface area contributed by atoms with E-state index in [1.54, 1.807) is 0 Å². The molecule has 0 aliphatic carbocycles. The van der Waals surface area contributed by atoms with Crippen LogP contribution in [0.3, 0.4) is 0 Å². The Balaban J connectivity index is 1.90. The van der Waals surface area contributed by atoms with Crippen LogP contribution in [0.25, 0.3) is 0 Å². The minimum atomic E-state index is -0.157. The highest BCUT2D eigenvalue weighted by molar-refractivity contribution is 8.00. The van der Waals surface area contributed by atoms with Crippen molar-refractivity contribution in [1.29, 1.82) is 0 Å². The summed E-state index contributed by atoms with van der Waals surface area (Å²) in [5, 5.41) is 13.8. The number of hydrogen-bond acceptors (Lipinski definition) is 4. The Morgan fingerprint density at radius 3 is 3.00 bits per heavy atom. The van der Waals surface area contributed by atoms with Crippen molar-refractivity contribution in [2.45, 2.75) is 30.7 Å². The quantitative estimate of drug-likeness (QED) is 0.689. The molecule has 0 amide bonds. The molecule has 4 heteroatoms. The van der Waals surface area contributed by atoms with Crippen molar-refractivity contribution in [2.24, 2.45) is 0 Å². The molecular weight excluding hydrogens is 196 g/mol. The summed E-state index contributed by atoms with van der Waals surface area (Å²) in [5.74, 6) is 1.22. The molecule has 2 N–H and O–H groups in total. The lowest BCUT2D eigenvalue weighted by atomic mass is 10.1. The fourth-order valence-electron chi connectivity index (χ4n) is 2.31. The summed E-state index contributed by atoms with van der Waals surface area (Å²) < 4.78 is 0. The number of β-amino-alcohol motifs (C(OH)–C–C–N with tert-alkyl or cyclic N) is 1. The number of nitrogens with one attached hydrogen (secondary N) is 1. The molecule has 14 heavy (non-hydrogen) atoms. The second-order valence-corrected chi connectivity index (χ2v) is 5.60. The van der Waals surface area contributed by atoms with Crippen LogP contribution in [0.1, 0.15) is 13.3 Å². The summed E-state index contributed by atoms with van der Waals surface area (Å²) >= 11 is 2.08. The van der Waals surface area contributed by atoms with Crippen LogP contribution in [-0.4, -0.2) is 59.3 Å². The van der Waals surface area contributed by atoms with Gasteiger partial charge in [-0.25, -0.2) is 0 Å². The van der Waals surface area contributed by atoms with Gasteiger partial charge in [-0.15, -0.1) is 0 Å². The first kappa shape index (κ1) is 10.7. The zero-order chi connectivity index (χ0) is 9.97. The van der Waals surface area contributed by atoms with Crippen molar-refractivity contribution in [3.63, 3.8) is 0 Å². The first-order valence-electron chi connectivity index (χ1n) is 5.55. The van der Waals surface area contributed by atoms with Crippen molar-refractivity contribution in [1.82, 2.24) is 10.2 Å². The Morgan fingerprint density at radius 2 is 2.36 bits per heavy atom. The van der Waals surface area contributed by atoms with Gasteiger partial charge in [-0.05, 0) is 6.42 Å². The lowest BCUT2D eigenvalue weighted by molar-refractivity contribution is 0.0850. The zero-order valence-corrected chi connectivity index (χ0v) is 9.59. The van der Waals surface area contributed by atoms with E-state index in [-0.39, 0.29) is 6.10 Å². The highest BCUT2D eigenvalue weighted by Crippen LogP contribution is 2.24. The summed E-state index contributed by atoms with van der Waals surface area (Å²) in [6, 6.07) is 0.366. The minimum absolute atomic E-state index is 0.157. The Kier molecular flexibility index (Phi) is 3.71. The second kappa shape index (κ2) is 4.84. The van der Waals surface area contributed by atoms with E-state index in [9.17, 15) is 5.11 Å². The highest BCUT2D eigenvalue weighted by Gasteiger charge is 2.33. The third-order valence-electron chi connectivity index (χ3n) is 3.25. The predicted octanol–water partition coefficient (Wildman–Crippen LogP) is 0.147. The van der Waals surface area contributed by atoms with Crippen LogP contribution in [0.4, 0.5) is 0 Å². The maximum absolute atomic E-state index is 9.79. The second-order valence-electron chi connectivity index (χ2n) is 4.19. The van der Waals surface area contributed by atoms with E-state index in [0.29, 0.717) is 6.04 Å². The molecule has 0 aromatic carbocycles. The molecule has 3 nitrogen and oxygen atoms in total. The van der Waals surface area contributed by atoms with Crippen LogP contribution in [0.5, 0.6) is 0 Å².